The van der Waals surface area contributed by atoms with Crippen LogP contribution in [-0.4, -0.2) is 16.8 Å². The minimum absolute atomic E-state index is 0.0190. The summed E-state index contributed by atoms with van der Waals surface area (Å²) in [5, 5.41) is 1.02. The van der Waals surface area contributed by atoms with Crippen molar-refractivity contribution in [1.29, 1.82) is 0 Å². The van der Waals surface area contributed by atoms with E-state index in [0.29, 0.717) is 22.9 Å². The number of piperidine rings is 1. The van der Waals surface area contributed by atoms with Gasteiger partial charge in [0.25, 0.3) is 0 Å². The van der Waals surface area contributed by atoms with E-state index in [0.717, 1.165) is 11.1 Å². The lowest BCUT2D eigenvalue weighted by Crippen LogP contribution is -2.45. The van der Waals surface area contributed by atoms with Gasteiger partial charge in [-0.05, 0) is 61.7 Å². The van der Waals surface area contributed by atoms with Crippen molar-refractivity contribution in [2.45, 2.75) is 44.7 Å². The average Bonchev–Trinajstić information content (AvgIpc) is 2.54. The van der Waals surface area contributed by atoms with Gasteiger partial charge in [0, 0.05) is 28.4 Å². The van der Waals surface area contributed by atoms with Gasteiger partial charge in [0.05, 0.1) is 6.04 Å². The fourth-order valence-corrected chi connectivity index (χ4v) is 4.07. The molecule has 2 atom stereocenters. The molecule has 25 heavy (non-hydrogen) atoms. The summed E-state index contributed by atoms with van der Waals surface area (Å²) in [6, 6.07) is 12.0. The summed E-state index contributed by atoms with van der Waals surface area (Å²) in [6.07, 6.45) is 1.11. The van der Waals surface area contributed by atoms with Gasteiger partial charge in [-0.3, -0.25) is 4.79 Å². The van der Waals surface area contributed by atoms with Gasteiger partial charge in [-0.1, -0.05) is 35.3 Å². The van der Waals surface area contributed by atoms with Gasteiger partial charge in [0.15, 0.2) is 0 Å². The van der Waals surface area contributed by atoms with Crippen molar-refractivity contribution in [2.24, 2.45) is 0 Å². The Bertz CT molecular complexity index is 756. The van der Waals surface area contributed by atoms with Crippen molar-refractivity contribution in [1.82, 2.24) is 4.90 Å². The van der Waals surface area contributed by atoms with E-state index in [-0.39, 0.29) is 29.7 Å². The van der Waals surface area contributed by atoms with Gasteiger partial charge in [-0.15, -0.1) is 0 Å². The number of hydrogen-bond acceptors (Lipinski definition) is 1. The molecule has 2 nitrogen and oxygen atoms in total. The summed E-state index contributed by atoms with van der Waals surface area (Å²) >= 11 is 12.1. The molecule has 5 heteroatoms. The molecule has 0 radical (unpaired) electrons. The first-order chi connectivity index (χ1) is 11.9. The second-order valence-corrected chi connectivity index (χ2v) is 7.61. The standard InChI is InChI=1S/C20H20Cl2FNO/c1-12(2)24-19(25)8-7-18(14-9-16(22)11-17(23)10-14)20(24)13-3-5-15(21)6-4-13/h3-6,9-12,18,20H,7-8H2,1-2H3/t18-,20-/m1/s1. The highest BCUT2D eigenvalue weighted by Gasteiger charge is 2.39. The van der Waals surface area contributed by atoms with Crippen LogP contribution in [0.1, 0.15) is 49.8 Å². The second kappa shape index (κ2) is 7.35. The predicted octanol–water partition coefficient (Wildman–Crippen LogP) is 5.99. The Morgan fingerprint density at radius 1 is 1.04 bits per heavy atom. The van der Waals surface area contributed by atoms with Gasteiger partial charge >= 0.3 is 0 Å². The summed E-state index contributed by atoms with van der Waals surface area (Å²) in [4.78, 5) is 14.5. The van der Waals surface area contributed by atoms with Crippen LogP contribution in [0.5, 0.6) is 0 Å². The first-order valence-electron chi connectivity index (χ1n) is 8.39. The van der Waals surface area contributed by atoms with E-state index in [1.54, 1.807) is 6.07 Å². The van der Waals surface area contributed by atoms with Gasteiger partial charge in [0.1, 0.15) is 5.82 Å². The maximum Gasteiger partial charge on any atom is 0.223 e. The fraction of sp³-hybridized carbons (Fsp3) is 0.350. The van der Waals surface area contributed by atoms with Crippen molar-refractivity contribution in [3.63, 3.8) is 0 Å². The highest BCUT2D eigenvalue weighted by atomic mass is 35.5. The molecule has 1 fully saturated rings. The van der Waals surface area contributed by atoms with Crippen LogP contribution < -0.4 is 0 Å². The largest absolute Gasteiger partial charge is 0.333 e. The lowest BCUT2D eigenvalue weighted by atomic mass is 9.79. The van der Waals surface area contributed by atoms with Crippen LogP contribution in [0, 0.1) is 5.82 Å². The number of hydrogen-bond donors (Lipinski definition) is 0. The van der Waals surface area contributed by atoms with Crippen molar-refractivity contribution >= 4 is 29.1 Å². The SMILES string of the molecule is CC(C)N1C(=O)CC[C@H](c2cc(F)cc(Cl)c2)[C@H]1c1ccc(Cl)cc1. The molecule has 2 aromatic rings. The van der Waals surface area contributed by atoms with Crippen LogP contribution in [-0.2, 0) is 4.79 Å². The summed E-state index contributed by atoms with van der Waals surface area (Å²) in [7, 11) is 0. The zero-order chi connectivity index (χ0) is 18.1. The van der Waals surface area contributed by atoms with Crippen molar-refractivity contribution in [3.8, 4) is 0 Å². The van der Waals surface area contributed by atoms with Gasteiger partial charge in [-0.2, -0.15) is 0 Å². The minimum atomic E-state index is -0.356. The van der Waals surface area contributed by atoms with Crippen molar-refractivity contribution in [3.05, 3.63) is 69.5 Å². The highest BCUT2D eigenvalue weighted by Crippen LogP contribution is 2.44. The minimum Gasteiger partial charge on any atom is -0.333 e. The number of rotatable bonds is 3. The van der Waals surface area contributed by atoms with E-state index in [1.165, 1.54) is 12.1 Å². The van der Waals surface area contributed by atoms with Crippen LogP contribution in [0.3, 0.4) is 0 Å². The second-order valence-electron chi connectivity index (χ2n) is 6.74. The fourth-order valence-electron chi connectivity index (χ4n) is 3.72. The van der Waals surface area contributed by atoms with E-state index in [9.17, 15) is 9.18 Å². The number of nitrogens with zero attached hydrogens (tertiary/aromatic N) is 1. The molecule has 0 spiro atoms. The van der Waals surface area contributed by atoms with E-state index in [4.69, 9.17) is 23.2 Å². The van der Waals surface area contributed by atoms with Gasteiger partial charge in [0.2, 0.25) is 5.91 Å². The molecule has 3 rings (SSSR count). The third kappa shape index (κ3) is 3.83. The molecule has 0 bridgehead atoms. The monoisotopic (exact) mass is 379 g/mol. The van der Waals surface area contributed by atoms with Crippen LogP contribution in [0.15, 0.2) is 42.5 Å². The molecule has 1 saturated heterocycles. The van der Waals surface area contributed by atoms with E-state index < -0.39 is 0 Å². The molecule has 1 aliphatic rings. The first-order valence-corrected chi connectivity index (χ1v) is 9.15. The van der Waals surface area contributed by atoms with Crippen LogP contribution in [0.2, 0.25) is 10.0 Å². The lowest BCUT2D eigenvalue weighted by molar-refractivity contribution is -0.139. The molecule has 1 heterocycles. The summed E-state index contributed by atoms with van der Waals surface area (Å²) < 4.78 is 13.9. The van der Waals surface area contributed by atoms with Crippen LogP contribution in [0.25, 0.3) is 0 Å². The average molecular weight is 380 g/mol. The number of amides is 1. The summed E-state index contributed by atoms with van der Waals surface area (Å²) in [5.41, 5.74) is 1.82. The van der Waals surface area contributed by atoms with Gasteiger partial charge in [-0.25, -0.2) is 4.39 Å². The molecular weight excluding hydrogens is 360 g/mol. The molecule has 1 amide bonds. The number of carbonyl (C=O) groups is 1. The smallest absolute Gasteiger partial charge is 0.223 e. The van der Waals surface area contributed by atoms with E-state index in [1.807, 2.05) is 43.0 Å². The molecule has 1 aliphatic heterocycles. The molecule has 132 valence electrons. The predicted molar refractivity (Wildman–Crippen MR) is 99.6 cm³/mol. The Balaban J connectivity index is 2.10. The Hall–Kier alpha value is -1.58. The summed E-state index contributed by atoms with van der Waals surface area (Å²) in [5.74, 6) is -0.256. The molecule has 0 N–H and O–H groups in total. The quantitative estimate of drug-likeness (QED) is 0.641. The number of benzene rings is 2. The molecule has 0 unspecified atom stereocenters. The molecule has 2 aromatic carbocycles. The maximum atomic E-state index is 13.9. The lowest BCUT2D eigenvalue weighted by Gasteiger charge is -2.44. The Morgan fingerprint density at radius 2 is 1.72 bits per heavy atom. The number of carbonyl (C=O) groups excluding carboxylic acids is 1. The Kier molecular flexibility index (Phi) is 5.35. The summed E-state index contributed by atoms with van der Waals surface area (Å²) in [6.45, 7) is 4.00. The van der Waals surface area contributed by atoms with E-state index >= 15 is 0 Å². The molecule has 0 aliphatic carbocycles. The first kappa shape index (κ1) is 18.2. The van der Waals surface area contributed by atoms with Gasteiger partial charge < -0.3 is 4.90 Å². The molecule has 0 saturated carbocycles. The molecule has 0 aromatic heterocycles. The van der Waals surface area contributed by atoms with E-state index in [2.05, 4.69) is 0 Å². The third-order valence-electron chi connectivity index (χ3n) is 4.72. The van der Waals surface area contributed by atoms with Crippen molar-refractivity contribution < 1.29 is 9.18 Å². The normalized spacial score (nSPS) is 21.0. The highest BCUT2D eigenvalue weighted by molar-refractivity contribution is 6.30. The third-order valence-corrected chi connectivity index (χ3v) is 5.19. The topological polar surface area (TPSA) is 20.3 Å². The van der Waals surface area contributed by atoms with Crippen LogP contribution in [0.4, 0.5) is 4.39 Å². The molecular formula is C20H20Cl2FNO. The van der Waals surface area contributed by atoms with Crippen molar-refractivity contribution in [2.75, 3.05) is 0 Å². The zero-order valence-electron chi connectivity index (χ0n) is 14.2. The maximum absolute atomic E-state index is 13.9. The number of likely N-dealkylation sites (tertiary alicyclic amines) is 1. The Morgan fingerprint density at radius 3 is 2.32 bits per heavy atom. The van der Waals surface area contributed by atoms with Crippen LogP contribution >= 0.6 is 23.2 Å². The number of halogens is 3. The zero-order valence-corrected chi connectivity index (χ0v) is 15.7. The Labute approximate surface area is 157 Å².